The van der Waals surface area contributed by atoms with E-state index in [1.165, 1.54) is 11.3 Å². The van der Waals surface area contributed by atoms with Crippen molar-refractivity contribution in [2.75, 3.05) is 5.73 Å². The lowest BCUT2D eigenvalue weighted by Gasteiger charge is -1.98. The highest BCUT2D eigenvalue weighted by molar-refractivity contribution is 7.11. The van der Waals surface area contributed by atoms with E-state index in [9.17, 15) is 4.79 Å². The van der Waals surface area contributed by atoms with Crippen molar-refractivity contribution in [1.29, 1.82) is 0 Å². The molecule has 0 radical (unpaired) electrons. The van der Waals surface area contributed by atoms with Crippen molar-refractivity contribution in [3.8, 4) is 0 Å². The molecule has 0 bridgehead atoms. The molecule has 2 rings (SSSR count). The van der Waals surface area contributed by atoms with E-state index in [0.29, 0.717) is 6.54 Å². The van der Waals surface area contributed by atoms with Crippen LogP contribution in [0.4, 0.5) is 5.82 Å². The summed E-state index contributed by atoms with van der Waals surface area (Å²) in [5.41, 5.74) is 5.37. The Kier molecular flexibility index (Phi) is 2.82. The Bertz CT molecular complexity index is 506. The zero-order valence-corrected chi connectivity index (χ0v) is 9.24. The summed E-state index contributed by atoms with van der Waals surface area (Å²) in [4.78, 5) is 16.7. The average Bonchev–Trinajstić information content (AvgIpc) is 2.84. The van der Waals surface area contributed by atoms with Crippen LogP contribution in [0.15, 0.2) is 10.8 Å². The van der Waals surface area contributed by atoms with Crippen LogP contribution in [0.3, 0.4) is 0 Å². The first-order valence-corrected chi connectivity index (χ1v) is 5.26. The minimum atomic E-state index is -0.424. The molecule has 0 saturated carbocycles. The SMILES string of the molecule is Cc1cnc(CNC(=O)c2nonc2N)s1. The summed E-state index contributed by atoms with van der Waals surface area (Å²) < 4.78 is 4.32. The first kappa shape index (κ1) is 10.6. The van der Waals surface area contributed by atoms with Gasteiger partial charge in [0, 0.05) is 11.1 Å². The second-order valence-electron chi connectivity index (χ2n) is 3.05. The highest BCUT2D eigenvalue weighted by Gasteiger charge is 2.15. The lowest BCUT2D eigenvalue weighted by Crippen LogP contribution is -2.23. The smallest absolute Gasteiger partial charge is 0.277 e. The molecule has 7 nitrogen and oxygen atoms in total. The minimum absolute atomic E-state index is 0.00622. The van der Waals surface area contributed by atoms with E-state index in [1.54, 1.807) is 6.20 Å². The van der Waals surface area contributed by atoms with Gasteiger partial charge in [0.1, 0.15) is 5.01 Å². The number of carbonyl (C=O) groups is 1. The first-order valence-electron chi connectivity index (χ1n) is 4.44. The molecule has 0 aliphatic carbocycles. The van der Waals surface area contributed by atoms with Gasteiger partial charge in [-0.25, -0.2) is 9.61 Å². The van der Waals surface area contributed by atoms with E-state index in [0.717, 1.165) is 9.88 Å². The number of aromatic nitrogens is 3. The molecule has 8 heteroatoms. The zero-order chi connectivity index (χ0) is 11.5. The van der Waals surface area contributed by atoms with Crippen LogP contribution < -0.4 is 11.1 Å². The maximum Gasteiger partial charge on any atom is 0.277 e. The molecule has 2 aromatic heterocycles. The molecule has 0 aliphatic rings. The highest BCUT2D eigenvalue weighted by atomic mass is 32.1. The van der Waals surface area contributed by atoms with E-state index < -0.39 is 5.91 Å². The molecule has 0 unspecified atom stereocenters. The molecule has 1 amide bonds. The van der Waals surface area contributed by atoms with E-state index in [1.807, 2.05) is 6.92 Å². The number of hydrogen-bond donors (Lipinski definition) is 2. The van der Waals surface area contributed by atoms with Gasteiger partial charge in [-0.1, -0.05) is 0 Å². The molecule has 0 aromatic carbocycles. The van der Waals surface area contributed by atoms with Crippen molar-refractivity contribution >= 4 is 23.1 Å². The summed E-state index contributed by atoms with van der Waals surface area (Å²) in [6.45, 7) is 2.28. The first-order chi connectivity index (χ1) is 7.66. The largest absolute Gasteiger partial charge is 0.379 e. The summed E-state index contributed by atoms with van der Waals surface area (Å²) >= 11 is 1.51. The number of nitrogen functional groups attached to an aromatic ring is 1. The zero-order valence-electron chi connectivity index (χ0n) is 8.43. The fourth-order valence-electron chi connectivity index (χ4n) is 1.08. The van der Waals surface area contributed by atoms with Gasteiger partial charge in [-0.2, -0.15) is 0 Å². The predicted molar refractivity (Wildman–Crippen MR) is 56.7 cm³/mol. The molecule has 3 N–H and O–H groups in total. The Morgan fingerprint density at radius 3 is 3.00 bits per heavy atom. The van der Waals surface area contributed by atoms with Gasteiger partial charge in [-0.3, -0.25) is 4.79 Å². The molecule has 0 aliphatic heterocycles. The third-order valence-electron chi connectivity index (χ3n) is 1.80. The number of nitrogens with one attached hydrogen (secondary N) is 1. The van der Waals surface area contributed by atoms with Gasteiger partial charge >= 0.3 is 0 Å². The Hall–Kier alpha value is -1.96. The molecule has 2 aromatic rings. The summed E-state index contributed by atoms with van der Waals surface area (Å²) in [5.74, 6) is -0.445. The third-order valence-corrected chi connectivity index (χ3v) is 2.71. The van der Waals surface area contributed by atoms with Crippen LogP contribution in [0.2, 0.25) is 0 Å². The monoisotopic (exact) mass is 239 g/mol. The summed E-state index contributed by atoms with van der Waals surface area (Å²) in [7, 11) is 0. The molecule has 0 saturated heterocycles. The number of aryl methyl sites for hydroxylation is 1. The van der Waals surface area contributed by atoms with Gasteiger partial charge in [0.05, 0.1) is 6.54 Å². The van der Waals surface area contributed by atoms with Crippen LogP contribution in [0.25, 0.3) is 0 Å². The van der Waals surface area contributed by atoms with Crippen molar-refractivity contribution in [3.63, 3.8) is 0 Å². The van der Waals surface area contributed by atoms with Crippen molar-refractivity contribution in [2.45, 2.75) is 13.5 Å². The lowest BCUT2D eigenvalue weighted by atomic mass is 10.4. The number of carbonyl (C=O) groups excluding carboxylic acids is 1. The molecule has 0 fully saturated rings. The lowest BCUT2D eigenvalue weighted by molar-refractivity contribution is 0.0941. The van der Waals surface area contributed by atoms with Gasteiger partial charge in [0.2, 0.25) is 11.5 Å². The molecular formula is C8H9N5O2S. The average molecular weight is 239 g/mol. The van der Waals surface area contributed by atoms with E-state index in [4.69, 9.17) is 5.73 Å². The van der Waals surface area contributed by atoms with E-state index in [-0.39, 0.29) is 11.5 Å². The van der Waals surface area contributed by atoms with Crippen LogP contribution in [0.5, 0.6) is 0 Å². The Balaban J connectivity index is 1.96. The number of anilines is 1. The molecule has 0 spiro atoms. The molecule has 2 heterocycles. The summed E-state index contributed by atoms with van der Waals surface area (Å²) in [5, 5.41) is 10.1. The number of rotatable bonds is 3. The summed E-state index contributed by atoms with van der Waals surface area (Å²) in [6.07, 6.45) is 1.75. The predicted octanol–water partition coefficient (Wildman–Crippen LogP) is 0.347. The molecule has 16 heavy (non-hydrogen) atoms. The van der Waals surface area contributed by atoms with Gasteiger partial charge < -0.3 is 11.1 Å². The van der Waals surface area contributed by atoms with Gasteiger partial charge in [-0.05, 0) is 17.2 Å². The fraction of sp³-hybridized carbons (Fsp3) is 0.250. The van der Waals surface area contributed by atoms with Crippen molar-refractivity contribution < 1.29 is 9.42 Å². The quantitative estimate of drug-likeness (QED) is 0.800. The maximum atomic E-state index is 11.5. The fourth-order valence-corrected chi connectivity index (χ4v) is 1.80. The van der Waals surface area contributed by atoms with Crippen molar-refractivity contribution in [3.05, 3.63) is 21.8 Å². The molecule has 0 atom stereocenters. The number of amides is 1. The minimum Gasteiger partial charge on any atom is -0.379 e. The van der Waals surface area contributed by atoms with Crippen LogP contribution in [0, 0.1) is 6.92 Å². The van der Waals surface area contributed by atoms with Crippen molar-refractivity contribution in [2.24, 2.45) is 0 Å². The topological polar surface area (TPSA) is 107 Å². The second kappa shape index (κ2) is 4.27. The molecule has 84 valence electrons. The normalized spacial score (nSPS) is 10.3. The van der Waals surface area contributed by atoms with Crippen LogP contribution in [-0.2, 0) is 6.54 Å². The Morgan fingerprint density at radius 1 is 1.62 bits per heavy atom. The number of hydrogen-bond acceptors (Lipinski definition) is 7. The molecular weight excluding hydrogens is 230 g/mol. The van der Waals surface area contributed by atoms with E-state index >= 15 is 0 Å². The maximum absolute atomic E-state index is 11.5. The number of nitrogens with two attached hydrogens (primary N) is 1. The number of nitrogens with zero attached hydrogens (tertiary/aromatic N) is 3. The standard InChI is InChI=1S/C8H9N5O2S/c1-4-2-10-5(16-4)3-11-8(14)6-7(9)13-15-12-6/h2H,3H2,1H3,(H2,9,13)(H,11,14). The van der Waals surface area contributed by atoms with Gasteiger partial charge in [0.15, 0.2) is 0 Å². The van der Waals surface area contributed by atoms with Crippen LogP contribution >= 0.6 is 11.3 Å². The van der Waals surface area contributed by atoms with Crippen molar-refractivity contribution in [1.82, 2.24) is 20.6 Å². The summed E-state index contributed by atoms with van der Waals surface area (Å²) in [6, 6.07) is 0. The van der Waals surface area contributed by atoms with Crippen LogP contribution in [-0.4, -0.2) is 21.2 Å². The Morgan fingerprint density at radius 2 is 2.44 bits per heavy atom. The van der Waals surface area contributed by atoms with Gasteiger partial charge in [0.25, 0.3) is 5.91 Å². The Labute approximate surface area is 94.6 Å². The van der Waals surface area contributed by atoms with Gasteiger partial charge in [-0.15, -0.1) is 11.3 Å². The number of thiazole rings is 1. The van der Waals surface area contributed by atoms with Crippen LogP contribution in [0.1, 0.15) is 20.4 Å². The third kappa shape index (κ3) is 2.16. The highest BCUT2D eigenvalue weighted by Crippen LogP contribution is 2.11. The van der Waals surface area contributed by atoms with E-state index in [2.05, 4.69) is 25.2 Å². The second-order valence-corrected chi connectivity index (χ2v) is 4.36.